The molecule has 0 atom stereocenters. The highest BCUT2D eigenvalue weighted by Gasteiger charge is 2.27. The van der Waals surface area contributed by atoms with Crippen LogP contribution in [0.4, 0.5) is 0 Å². The first-order valence-electron chi connectivity index (χ1n) is 10.1. The summed E-state index contributed by atoms with van der Waals surface area (Å²) in [5.41, 5.74) is 2.80. The van der Waals surface area contributed by atoms with Crippen molar-refractivity contribution in [2.45, 2.75) is 26.2 Å². The number of unbranched alkanes of at least 4 members (excludes halogenated alkanes) is 1. The quantitative estimate of drug-likeness (QED) is 0.428. The Morgan fingerprint density at radius 1 is 0.833 bits per heavy atom. The third-order valence-corrected chi connectivity index (χ3v) is 5.09. The molecule has 0 N–H and O–H groups in total. The van der Waals surface area contributed by atoms with Crippen molar-refractivity contribution < 1.29 is 4.79 Å². The normalized spacial score (nSPS) is 10.8. The van der Waals surface area contributed by atoms with Gasteiger partial charge in [-0.3, -0.25) is 14.6 Å². The zero-order valence-electron chi connectivity index (χ0n) is 16.9. The molecule has 4 aromatic rings. The molecule has 0 aliphatic carbocycles. The molecule has 0 aliphatic heterocycles. The number of hydrogen-bond donors (Lipinski definition) is 0. The van der Waals surface area contributed by atoms with Crippen molar-refractivity contribution >= 4 is 5.78 Å². The van der Waals surface area contributed by atoms with Crippen molar-refractivity contribution in [3.63, 3.8) is 0 Å². The van der Waals surface area contributed by atoms with Crippen LogP contribution in [0.15, 0.2) is 90.0 Å². The molecule has 0 unspecified atom stereocenters. The number of benzene rings is 2. The number of pyridine rings is 1. The molecule has 5 nitrogen and oxygen atoms in total. The Bertz CT molecular complexity index is 1190. The molecule has 0 saturated carbocycles. The Balaban J connectivity index is 2.06. The summed E-state index contributed by atoms with van der Waals surface area (Å²) < 4.78 is 3.36. The Morgan fingerprint density at radius 2 is 1.40 bits per heavy atom. The number of aromatic nitrogens is 3. The third-order valence-electron chi connectivity index (χ3n) is 5.09. The van der Waals surface area contributed by atoms with E-state index in [1.807, 2.05) is 60.7 Å². The number of hydrogen-bond acceptors (Lipinski definition) is 3. The van der Waals surface area contributed by atoms with Crippen molar-refractivity contribution in [3.8, 4) is 11.4 Å². The molecular formula is C25H23N3O2. The minimum atomic E-state index is -0.181. The average molecular weight is 397 g/mol. The van der Waals surface area contributed by atoms with Crippen molar-refractivity contribution in [3.05, 3.63) is 112 Å². The molecule has 0 fully saturated rings. The molecule has 0 aliphatic rings. The van der Waals surface area contributed by atoms with Crippen LogP contribution >= 0.6 is 0 Å². The van der Waals surface area contributed by atoms with Gasteiger partial charge in [-0.05, 0) is 49.2 Å². The summed E-state index contributed by atoms with van der Waals surface area (Å²) in [4.78, 5) is 31.2. The fraction of sp³-hybridized carbons (Fsp3) is 0.160. The molecule has 4 rings (SSSR count). The molecule has 2 aromatic heterocycles. The largest absolute Gasteiger partial charge is 0.287 e. The van der Waals surface area contributed by atoms with Gasteiger partial charge in [-0.2, -0.15) is 0 Å². The van der Waals surface area contributed by atoms with Crippen LogP contribution < -0.4 is 5.56 Å². The van der Waals surface area contributed by atoms with E-state index < -0.39 is 0 Å². The van der Waals surface area contributed by atoms with E-state index >= 15 is 0 Å². The summed E-state index contributed by atoms with van der Waals surface area (Å²) in [7, 11) is 0. The van der Waals surface area contributed by atoms with Crippen LogP contribution in [0.25, 0.3) is 11.4 Å². The van der Waals surface area contributed by atoms with Crippen molar-refractivity contribution in [1.82, 2.24) is 14.3 Å². The van der Waals surface area contributed by atoms with Gasteiger partial charge >= 0.3 is 0 Å². The van der Waals surface area contributed by atoms with E-state index in [2.05, 4.69) is 11.9 Å². The number of rotatable bonds is 7. The van der Waals surface area contributed by atoms with Crippen LogP contribution in [0, 0.1) is 0 Å². The second-order valence-electron chi connectivity index (χ2n) is 7.10. The lowest BCUT2D eigenvalue weighted by molar-refractivity contribution is 0.103. The Morgan fingerprint density at radius 3 is 1.97 bits per heavy atom. The molecule has 30 heavy (non-hydrogen) atoms. The summed E-state index contributed by atoms with van der Waals surface area (Å²) in [6.07, 6.45) is 5.51. The van der Waals surface area contributed by atoms with Crippen LogP contribution in [0.5, 0.6) is 0 Å². The van der Waals surface area contributed by atoms with E-state index in [0.29, 0.717) is 23.2 Å². The topological polar surface area (TPSA) is 56.9 Å². The van der Waals surface area contributed by atoms with E-state index in [1.165, 1.54) is 0 Å². The number of para-hydroxylation sites is 2. The highest BCUT2D eigenvalue weighted by Crippen LogP contribution is 2.22. The van der Waals surface area contributed by atoms with E-state index in [1.54, 1.807) is 33.9 Å². The fourth-order valence-electron chi connectivity index (χ4n) is 3.62. The first-order chi connectivity index (χ1) is 14.7. The van der Waals surface area contributed by atoms with E-state index in [-0.39, 0.29) is 11.3 Å². The summed E-state index contributed by atoms with van der Waals surface area (Å²) in [6.45, 7) is 2.08. The lowest BCUT2D eigenvalue weighted by Crippen LogP contribution is -2.22. The van der Waals surface area contributed by atoms with Crippen LogP contribution in [-0.4, -0.2) is 20.1 Å². The lowest BCUT2D eigenvalue weighted by atomic mass is 10.0. The van der Waals surface area contributed by atoms with Gasteiger partial charge in [0.05, 0.1) is 11.4 Å². The first kappa shape index (κ1) is 19.6. The van der Waals surface area contributed by atoms with Crippen molar-refractivity contribution in [2.24, 2.45) is 0 Å². The molecule has 0 spiro atoms. The molecule has 5 heteroatoms. The first-order valence-corrected chi connectivity index (χ1v) is 10.1. The van der Waals surface area contributed by atoms with Gasteiger partial charge in [-0.15, -0.1) is 0 Å². The highest BCUT2D eigenvalue weighted by atomic mass is 16.1. The minimum Gasteiger partial charge on any atom is -0.287 e. The van der Waals surface area contributed by atoms with Crippen LogP contribution in [-0.2, 0) is 6.42 Å². The van der Waals surface area contributed by atoms with Gasteiger partial charge in [-0.25, -0.2) is 9.36 Å². The van der Waals surface area contributed by atoms with Crippen molar-refractivity contribution in [1.29, 1.82) is 0 Å². The molecule has 150 valence electrons. The van der Waals surface area contributed by atoms with Gasteiger partial charge < -0.3 is 0 Å². The lowest BCUT2D eigenvalue weighted by Gasteiger charge is -2.15. The second kappa shape index (κ2) is 8.74. The highest BCUT2D eigenvalue weighted by molar-refractivity contribution is 6.09. The summed E-state index contributed by atoms with van der Waals surface area (Å²) in [5.74, 6) is -0.181. The molecule has 2 aromatic carbocycles. The zero-order chi connectivity index (χ0) is 20.9. The predicted molar refractivity (Wildman–Crippen MR) is 118 cm³/mol. The van der Waals surface area contributed by atoms with Gasteiger partial charge in [0, 0.05) is 23.5 Å². The molecular weight excluding hydrogens is 374 g/mol. The standard InChI is InChI=1S/C25H23N3O2/c1-2-3-14-22-23(24(29)19-15-17-26-18-16-19)27(20-10-6-4-7-11-20)28(25(22)30)21-12-8-5-9-13-21/h4-13,15-18H,2-3,14H2,1H3. The van der Waals surface area contributed by atoms with E-state index in [4.69, 9.17) is 0 Å². The summed E-state index contributed by atoms with van der Waals surface area (Å²) >= 11 is 0. The van der Waals surface area contributed by atoms with Gasteiger partial charge in [0.2, 0.25) is 5.78 Å². The Kier molecular flexibility index (Phi) is 5.70. The van der Waals surface area contributed by atoms with Gasteiger partial charge in [-0.1, -0.05) is 49.7 Å². The smallest absolute Gasteiger partial charge is 0.275 e. The minimum absolute atomic E-state index is 0.157. The number of carbonyl (C=O) groups is 1. The SMILES string of the molecule is CCCCc1c(C(=O)c2ccncc2)n(-c2ccccc2)n(-c2ccccc2)c1=O. The van der Waals surface area contributed by atoms with E-state index in [9.17, 15) is 9.59 Å². The molecule has 0 bridgehead atoms. The number of ketones is 1. The Labute approximate surface area is 175 Å². The summed E-state index contributed by atoms with van der Waals surface area (Å²) in [6, 6.07) is 22.4. The van der Waals surface area contributed by atoms with Crippen LogP contribution in [0.1, 0.15) is 41.4 Å². The maximum atomic E-state index is 13.6. The Hall–Kier alpha value is -3.73. The monoisotopic (exact) mass is 397 g/mol. The number of carbonyl (C=O) groups excluding carboxylic acids is 1. The van der Waals surface area contributed by atoms with Crippen LogP contribution in [0.3, 0.4) is 0 Å². The summed E-state index contributed by atoms with van der Waals surface area (Å²) in [5, 5.41) is 0. The van der Waals surface area contributed by atoms with Crippen LogP contribution in [0.2, 0.25) is 0 Å². The van der Waals surface area contributed by atoms with Crippen molar-refractivity contribution in [2.75, 3.05) is 0 Å². The van der Waals surface area contributed by atoms with Gasteiger partial charge in [0.15, 0.2) is 0 Å². The average Bonchev–Trinajstić information content (AvgIpc) is 3.10. The van der Waals surface area contributed by atoms with Gasteiger partial charge in [0.1, 0.15) is 5.69 Å². The third kappa shape index (κ3) is 3.62. The van der Waals surface area contributed by atoms with Gasteiger partial charge in [0.25, 0.3) is 5.56 Å². The fourth-order valence-corrected chi connectivity index (χ4v) is 3.62. The maximum absolute atomic E-state index is 13.6. The van der Waals surface area contributed by atoms with E-state index in [0.717, 1.165) is 24.2 Å². The number of nitrogens with zero attached hydrogens (tertiary/aromatic N) is 3. The maximum Gasteiger partial charge on any atom is 0.275 e. The predicted octanol–water partition coefficient (Wildman–Crippen LogP) is 4.60. The molecule has 0 radical (unpaired) electrons. The second-order valence-corrected chi connectivity index (χ2v) is 7.10. The molecule has 0 amide bonds. The molecule has 0 saturated heterocycles. The zero-order valence-corrected chi connectivity index (χ0v) is 16.9. The molecule has 2 heterocycles.